The van der Waals surface area contributed by atoms with Crippen LogP contribution in [0, 0.1) is 0 Å². The molecule has 0 saturated carbocycles. The highest BCUT2D eigenvalue weighted by Gasteiger charge is 2.24. The van der Waals surface area contributed by atoms with Crippen LogP contribution in [-0.4, -0.2) is 51.2 Å². The summed E-state index contributed by atoms with van der Waals surface area (Å²) >= 11 is 0. The number of benzene rings is 2. The van der Waals surface area contributed by atoms with Crippen molar-refractivity contribution >= 4 is 27.8 Å². The summed E-state index contributed by atoms with van der Waals surface area (Å²) < 4.78 is 9.94. The lowest BCUT2D eigenvalue weighted by Gasteiger charge is -2.30. The number of rotatable bonds is 4. The van der Waals surface area contributed by atoms with Gasteiger partial charge in [0.25, 0.3) is 5.91 Å². The molecule has 1 unspecified atom stereocenters. The van der Waals surface area contributed by atoms with E-state index in [2.05, 4.69) is 28.2 Å². The molecule has 7 nitrogen and oxygen atoms in total. The molecule has 0 aliphatic carbocycles. The minimum Gasteiger partial charge on any atom is -0.495 e. The van der Waals surface area contributed by atoms with E-state index < -0.39 is 0 Å². The summed E-state index contributed by atoms with van der Waals surface area (Å²) in [7, 11) is 3.72. The van der Waals surface area contributed by atoms with E-state index in [9.17, 15) is 4.79 Å². The summed E-state index contributed by atoms with van der Waals surface area (Å²) in [6.07, 6.45) is 1.93. The van der Waals surface area contributed by atoms with E-state index in [1.54, 1.807) is 7.11 Å². The Morgan fingerprint density at radius 1 is 1.25 bits per heavy atom. The lowest BCUT2D eigenvalue weighted by molar-refractivity contribution is 0.0709. The molecule has 3 heterocycles. The van der Waals surface area contributed by atoms with Crippen molar-refractivity contribution in [3.8, 4) is 17.3 Å². The fraction of sp³-hybridized carbons (Fsp3) is 0.360. The van der Waals surface area contributed by atoms with Crippen LogP contribution in [0.2, 0.25) is 0 Å². The quantitative estimate of drug-likeness (QED) is 0.533. The molecule has 1 saturated heterocycles. The first-order chi connectivity index (χ1) is 15.5. The molecule has 7 heteroatoms. The molecule has 2 aromatic heterocycles. The Bertz CT molecular complexity index is 1320. The number of hydrogen-bond acceptors (Lipinski definition) is 4. The van der Waals surface area contributed by atoms with E-state index in [1.165, 1.54) is 0 Å². The highest BCUT2D eigenvalue weighted by atomic mass is 16.5. The Kier molecular flexibility index (Phi) is 5.13. The van der Waals surface area contributed by atoms with Crippen molar-refractivity contribution in [1.29, 1.82) is 0 Å². The van der Waals surface area contributed by atoms with Crippen molar-refractivity contribution in [3.05, 3.63) is 48.0 Å². The Morgan fingerprint density at radius 3 is 2.84 bits per heavy atom. The van der Waals surface area contributed by atoms with Gasteiger partial charge in [-0.1, -0.05) is 12.1 Å². The first-order valence-corrected chi connectivity index (χ1v) is 11.2. The van der Waals surface area contributed by atoms with Crippen molar-refractivity contribution in [2.24, 2.45) is 12.8 Å². The van der Waals surface area contributed by atoms with Crippen molar-refractivity contribution in [3.63, 3.8) is 0 Å². The predicted molar refractivity (Wildman–Crippen MR) is 127 cm³/mol. The van der Waals surface area contributed by atoms with Crippen LogP contribution in [0.5, 0.6) is 5.75 Å². The molecular formula is C25H29N5O2. The number of aromatic nitrogens is 3. The summed E-state index contributed by atoms with van der Waals surface area (Å²) in [5.74, 6) is 1.74. The fourth-order valence-corrected chi connectivity index (χ4v) is 4.91. The summed E-state index contributed by atoms with van der Waals surface area (Å²) in [6.45, 7) is 4.29. The molecule has 1 fully saturated rings. The van der Waals surface area contributed by atoms with E-state index in [0.717, 1.165) is 65.1 Å². The van der Waals surface area contributed by atoms with Crippen molar-refractivity contribution < 1.29 is 9.53 Å². The SMILES string of the molecule is CCn1c(-c2nc3cc(C(=O)N4CCCC(N)C4)ccc3n2C)cc2cccc(OC)c21. The van der Waals surface area contributed by atoms with Gasteiger partial charge in [0.15, 0.2) is 5.82 Å². The monoisotopic (exact) mass is 431 g/mol. The van der Waals surface area contributed by atoms with Crippen LogP contribution in [0.4, 0.5) is 0 Å². The number of nitrogens with zero attached hydrogens (tertiary/aromatic N) is 4. The largest absolute Gasteiger partial charge is 0.495 e. The number of nitrogens with two attached hydrogens (primary N) is 1. The topological polar surface area (TPSA) is 78.3 Å². The first-order valence-electron chi connectivity index (χ1n) is 11.2. The highest BCUT2D eigenvalue weighted by molar-refractivity contribution is 5.98. The van der Waals surface area contributed by atoms with Gasteiger partial charge < -0.3 is 24.5 Å². The standard InChI is InChI=1S/C25H29N5O2/c1-4-30-21(14-16-7-5-9-22(32-3)23(16)30)24-27-19-13-17(10-11-20(19)28(24)2)25(31)29-12-6-8-18(26)15-29/h5,7,9-11,13-14,18H,4,6,8,12,15,26H2,1-3H3. The highest BCUT2D eigenvalue weighted by Crippen LogP contribution is 2.34. The van der Waals surface area contributed by atoms with Crippen molar-refractivity contribution in [2.75, 3.05) is 20.2 Å². The zero-order chi connectivity index (χ0) is 22.4. The normalized spacial score (nSPS) is 16.8. The lowest BCUT2D eigenvalue weighted by atomic mass is 10.1. The second kappa shape index (κ2) is 7.98. The lowest BCUT2D eigenvalue weighted by Crippen LogP contribution is -2.45. The van der Waals surface area contributed by atoms with Crippen LogP contribution >= 0.6 is 0 Å². The second-order valence-corrected chi connectivity index (χ2v) is 8.52. The van der Waals surface area contributed by atoms with Gasteiger partial charge in [-0.2, -0.15) is 0 Å². The molecule has 0 spiro atoms. The summed E-state index contributed by atoms with van der Waals surface area (Å²) in [5, 5.41) is 1.12. The zero-order valence-corrected chi connectivity index (χ0v) is 18.8. The molecule has 1 amide bonds. The Balaban J connectivity index is 1.59. The number of ether oxygens (including phenoxy) is 1. The van der Waals surface area contributed by atoms with E-state index in [1.807, 2.05) is 42.3 Å². The molecule has 32 heavy (non-hydrogen) atoms. The number of imidazole rings is 1. The van der Waals surface area contributed by atoms with Gasteiger partial charge in [-0.25, -0.2) is 4.98 Å². The van der Waals surface area contributed by atoms with Gasteiger partial charge in [0.05, 0.1) is 29.4 Å². The number of piperidine rings is 1. The molecular weight excluding hydrogens is 402 g/mol. The van der Waals surface area contributed by atoms with Gasteiger partial charge in [0.2, 0.25) is 0 Å². The van der Waals surface area contributed by atoms with Crippen LogP contribution in [0.25, 0.3) is 33.5 Å². The predicted octanol–water partition coefficient (Wildman–Crippen LogP) is 3.79. The van der Waals surface area contributed by atoms with Crippen LogP contribution < -0.4 is 10.5 Å². The number of likely N-dealkylation sites (tertiary alicyclic amines) is 1. The smallest absolute Gasteiger partial charge is 0.253 e. The maximum absolute atomic E-state index is 13.1. The van der Waals surface area contributed by atoms with Gasteiger partial charge in [0.1, 0.15) is 5.75 Å². The minimum atomic E-state index is 0.0293. The third-order valence-corrected chi connectivity index (χ3v) is 6.52. The van der Waals surface area contributed by atoms with E-state index in [4.69, 9.17) is 15.5 Å². The Labute approximate surface area is 187 Å². The maximum Gasteiger partial charge on any atom is 0.253 e. The van der Waals surface area contributed by atoms with Gasteiger partial charge in [-0.3, -0.25) is 4.79 Å². The van der Waals surface area contributed by atoms with E-state index in [-0.39, 0.29) is 11.9 Å². The maximum atomic E-state index is 13.1. The molecule has 1 atom stereocenters. The summed E-state index contributed by atoms with van der Waals surface area (Å²) in [5.41, 5.74) is 10.6. The molecule has 2 N–H and O–H groups in total. The van der Waals surface area contributed by atoms with Crippen LogP contribution in [0.3, 0.4) is 0 Å². The molecule has 5 rings (SSSR count). The van der Waals surface area contributed by atoms with Crippen LogP contribution in [0.15, 0.2) is 42.5 Å². The zero-order valence-electron chi connectivity index (χ0n) is 18.8. The number of methoxy groups -OCH3 is 1. The van der Waals surface area contributed by atoms with Crippen molar-refractivity contribution in [2.45, 2.75) is 32.4 Å². The summed E-state index contributed by atoms with van der Waals surface area (Å²) in [4.78, 5) is 19.9. The Morgan fingerprint density at radius 2 is 2.09 bits per heavy atom. The van der Waals surface area contributed by atoms with Crippen molar-refractivity contribution in [1.82, 2.24) is 19.0 Å². The minimum absolute atomic E-state index is 0.0293. The van der Waals surface area contributed by atoms with E-state index in [0.29, 0.717) is 12.1 Å². The molecule has 166 valence electrons. The molecule has 0 bridgehead atoms. The number of carbonyl (C=O) groups excluding carboxylic acids is 1. The third kappa shape index (κ3) is 3.24. The third-order valence-electron chi connectivity index (χ3n) is 6.52. The van der Waals surface area contributed by atoms with Crippen LogP contribution in [-0.2, 0) is 13.6 Å². The number of fused-ring (bicyclic) bond motifs is 2. The number of aryl methyl sites for hydroxylation is 2. The van der Waals surface area contributed by atoms with Gasteiger partial charge >= 0.3 is 0 Å². The van der Waals surface area contributed by atoms with E-state index >= 15 is 0 Å². The molecule has 4 aromatic rings. The molecule has 1 aliphatic rings. The second-order valence-electron chi connectivity index (χ2n) is 8.52. The summed E-state index contributed by atoms with van der Waals surface area (Å²) in [6, 6.07) is 14.1. The molecule has 2 aromatic carbocycles. The Hall–Kier alpha value is -3.32. The van der Waals surface area contributed by atoms with Gasteiger partial charge in [0, 0.05) is 43.7 Å². The number of carbonyl (C=O) groups is 1. The number of hydrogen-bond donors (Lipinski definition) is 1. The molecule has 0 radical (unpaired) electrons. The van der Waals surface area contributed by atoms with Crippen LogP contribution in [0.1, 0.15) is 30.1 Å². The number of amides is 1. The first kappa shape index (κ1) is 20.6. The fourth-order valence-electron chi connectivity index (χ4n) is 4.91. The van der Waals surface area contributed by atoms with Gasteiger partial charge in [-0.05, 0) is 50.1 Å². The van der Waals surface area contributed by atoms with Gasteiger partial charge in [-0.15, -0.1) is 0 Å². The molecule has 1 aliphatic heterocycles. The average Bonchev–Trinajstić information content (AvgIpc) is 3.35. The number of para-hydroxylation sites is 1. The average molecular weight is 432 g/mol.